The van der Waals surface area contributed by atoms with Crippen molar-refractivity contribution >= 4 is 23.1 Å². The summed E-state index contributed by atoms with van der Waals surface area (Å²) in [5, 5.41) is 6.77. The van der Waals surface area contributed by atoms with Crippen LogP contribution in [0, 0.1) is 0 Å². The van der Waals surface area contributed by atoms with Crippen LogP contribution in [0.15, 0.2) is 23.6 Å². The van der Waals surface area contributed by atoms with E-state index < -0.39 is 0 Å². The van der Waals surface area contributed by atoms with E-state index in [1.807, 2.05) is 30.0 Å². The third-order valence-electron chi connectivity index (χ3n) is 3.43. The van der Waals surface area contributed by atoms with Gasteiger partial charge in [0.1, 0.15) is 16.5 Å². The van der Waals surface area contributed by atoms with Gasteiger partial charge < -0.3 is 14.8 Å². The number of benzene rings is 1. The van der Waals surface area contributed by atoms with E-state index >= 15 is 0 Å². The minimum Gasteiger partial charge on any atom is -0.497 e. The number of methoxy groups -OCH3 is 2. The summed E-state index contributed by atoms with van der Waals surface area (Å²) < 4.78 is 10.7. The summed E-state index contributed by atoms with van der Waals surface area (Å²) in [4.78, 5) is 4.79. The molecule has 0 amide bonds. The fraction of sp³-hybridized carbons (Fsp3) is 0.400. The SMILES string of the molecule is COc1ccc(-c2csc(C3CSCCN3)n2)c(OC)c1. The van der Waals surface area contributed by atoms with Crippen molar-refractivity contribution in [2.24, 2.45) is 0 Å². The maximum atomic E-state index is 5.46. The fourth-order valence-electron chi connectivity index (χ4n) is 2.31. The molecule has 0 saturated carbocycles. The van der Waals surface area contributed by atoms with Crippen LogP contribution in [-0.4, -0.2) is 37.3 Å². The topological polar surface area (TPSA) is 43.4 Å². The summed E-state index contributed by atoms with van der Waals surface area (Å²) >= 11 is 3.68. The number of hydrogen-bond donors (Lipinski definition) is 1. The van der Waals surface area contributed by atoms with Crippen molar-refractivity contribution in [1.29, 1.82) is 0 Å². The summed E-state index contributed by atoms with van der Waals surface area (Å²) in [5.41, 5.74) is 1.97. The Morgan fingerprint density at radius 2 is 2.19 bits per heavy atom. The molecule has 1 aliphatic rings. The normalized spacial score (nSPS) is 18.5. The van der Waals surface area contributed by atoms with Crippen LogP contribution in [0.2, 0.25) is 0 Å². The molecule has 6 heteroatoms. The zero-order valence-electron chi connectivity index (χ0n) is 12.1. The Morgan fingerprint density at radius 1 is 1.29 bits per heavy atom. The quantitative estimate of drug-likeness (QED) is 0.936. The lowest BCUT2D eigenvalue weighted by Crippen LogP contribution is -2.30. The second-order valence-corrected chi connectivity index (χ2v) is 6.76. The average molecular weight is 322 g/mol. The Balaban J connectivity index is 1.88. The number of rotatable bonds is 4. The molecule has 1 N–H and O–H groups in total. The van der Waals surface area contributed by atoms with Gasteiger partial charge in [0.25, 0.3) is 0 Å². The summed E-state index contributed by atoms with van der Waals surface area (Å²) in [6.45, 7) is 1.05. The van der Waals surface area contributed by atoms with E-state index in [1.165, 1.54) is 5.75 Å². The van der Waals surface area contributed by atoms with Crippen LogP contribution in [-0.2, 0) is 0 Å². The lowest BCUT2D eigenvalue weighted by Gasteiger charge is -2.20. The number of aromatic nitrogens is 1. The number of thiazole rings is 1. The number of nitrogens with zero attached hydrogens (tertiary/aromatic N) is 1. The lowest BCUT2D eigenvalue weighted by atomic mass is 10.1. The zero-order valence-corrected chi connectivity index (χ0v) is 13.7. The van der Waals surface area contributed by atoms with Gasteiger partial charge in [0.2, 0.25) is 0 Å². The van der Waals surface area contributed by atoms with Crippen molar-refractivity contribution < 1.29 is 9.47 Å². The highest BCUT2D eigenvalue weighted by atomic mass is 32.2. The van der Waals surface area contributed by atoms with Crippen LogP contribution in [0.3, 0.4) is 0 Å². The molecule has 1 saturated heterocycles. The molecule has 112 valence electrons. The van der Waals surface area contributed by atoms with E-state index in [-0.39, 0.29) is 0 Å². The molecule has 21 heavy (non-hydrogen) atoms. The molecular weight excluding hydrogens is 304 g/mol. The minimum atomic E-state index is 0.367. The first kappa shape index (κ1) is 14.7. The average Bonchev–Trinajstić information content (AvgIpc) is 3.04. The van der Waals surface area contributed by atoms with Crippen LogP contribution in [0.4, 0.5) is 0 Å². The molecule has 0 spiro atoms. The van der Waals surface area contributed by atoms with Crippen LogP contribution in [0.1, 0.15) is 11.0 Å². The molecule has 1 aromatic heterocycles. The molecule has 1 aromatic carbocycles. The largest absolute Gasteiger partial charge is 0.497 e. The van der Waals surface area contributed by atoms with E-state index in [0.29, 0.717) is 6.04 Å². The van der Waals surface area contributed by atoms with Gasteiger partial charge in [0.15, 0.2) is 0 Å². The molecule has 3 rings (SSSR count). The second-order valence-electron chi connectivity index (χ2n) is 4.72. The maximum Gasteiger partial charge on any atom is 0.131 e. The first-order valence-corrected chi connectivity index (χ1v) is 8.84. The first-order chi connectivity index (χ1) is 10.3. The van der Waals surface area contributed by atoms with Crippen LogP contribution < -0.4 is 14.8 Å². The number of nitrogens with one attached hydrogen (secondary N) is 1. The van der Waals surface area contributed by atoms with Gasteiger partial charge in [-0.05, 0) is 12.1 Å². The molecule has 0 bridgehead atoms. The Kier molecular flexibility index (Phi) is 4.67. The molecule has 2 aromatic rings. The zero-order chi connectivity index (χ0) is 14.7. The maximum absolute atomic E-state index is 5.46. The molecule has 1 fully saturated rings. The van der Waals surface area contributed by atoms with E-state index in [9.17, 15) is 0 Å². The van der Waals surface area contributed by atoms with Crippen molar-refractivity contribution in [2.75, 3.05) is 32.3 Å². The third kappa shape index (κ3) is 3.17. The van der Waals surface area contributed by atoms with Crippen molar-refractivity contribution in [3.8, 4) is 22.8 Å². The van der Waals surface area contributed by atoms with Crippen LogP contribution in [0.5, 0.6) is 11.5 Å². The van der Waals surface area contributed by atoms with Crippen molar-refractivity contribution in [1.82, 2.24) is 10.3 Å². The van der Waals surface area contributed by atoms with Crippen molar-refractivity contribution in [3.05, 3.63) is 28.6 Å². The summed E-state index contributed by atoms with van der Waals surface area (Å²) in [6.07, 6.45) is 0. The highest BCUT2D eigenvalue weighted by Gasteiger charge is 2.19. The van der Waals surface area contributed by atoms with Crippen molar-refractivity contribution in [3.63, 3.8) is 0 Å². The van der Waals surface area contributed by atoms with E-state index in [0.717, 1.165) is 40.1 Å². The van der Waals surface area contributed by atoms with E-state index in [1.54, 1.807) is 25.6 Å². The molecule has 1 aliphatic heterocycles. The Morgan fingerprint density at radius 3 is 2.90 bits per heavy atom. The van der Waals surface area contributed by atoms with Gasteiger partial charge in [0.05, 0.1) is 26.0 Å². The van der Waals surface area contributed by atoms with Gasteiger partial charge in [-0.3, -0.25) is 0 Å². The number of thioether (sulfide) groups is 1. The summed E-state index contributed by atoms with van der Waals surface area (Å²) in [6, 6.07) is 6.19. The second kappa shape index (κ2) is 6.68. The molecule has 0 aliphatic carbocycles. The smallest absolute Gasteiger partial charge is 0.131 e. The van der Waals surface area contributed by atoms with Gasteiger partial charge in [-0.25, -0.2) is 4.98 Å². The van der Waals surface area contributed by atoms with Crippen LogP contribution in [0.25, 0.3) is 11.3 Å². The predicted octanol–water partition coefficient (Wildman–Crippen LogP) is 3.20. The van der Waals surface area contributed by atoms with Gasteiger partial charge in [-0.15, -0.1) is 11.3 Å². The van der Waals surface area contributed by atoms with Gasteiger partial charge in [-0.2, -0.15) is 11.8 Å². The molecular formula is C15H18N2O2S2. The molecule has 0 radical (unpaired) electrons. The van der Waals surface area contributed by atoms with Gasteiger partial charge in [0, 0.05) is 35.1 Å². The van der Waals surface area contributed by atoms with E-state index in [2.05, 4.69) is 10.7 Å². The molecule has 2 heterocycles. The highest BCUT2D eigenvalue weighted by Crippen LogP contribution is 2.35. The van der Waals surface area contributed by atoms with Crippen LogP contribution >= 0.6 is 23.1 Å². The third-order valence-corrected chi connectivity index (χ3v) is 5.45. The molecule has 1 unspecified atom stereocenters. The molecule has 4 nitrogen and oxygen atoms in total. The minimum absolute atomic E-state index is 0.367. The first-order valence-electron chi connectivity index (χ1n) is 6.80. The standard InChI is InChI=1S/C15H18N2O2S2/c1-18-10-3-4-11(14(7-10)19-2)12-9-21-15(17-12)13-8-20-6-5-16-13/h3-4,7,9,13,16H,5-6,8H2,1-2H3. The number of hydrogen-bond acceptors (Lipinski definition) is 6. The van der Waals surface area contributed by atoms with E-state index in [4.69, 9.17) is 14.5 Å². The molecule has 1 atom stereocenters. The predicted molar refractivity (Wildman–Crippen MR) is 88.7 cm³/mol. The van der Waals surface area contributed by atoms with Crippen molar-refractivity contribution in [2.45, 2.75) is 6.04 Å². The Labute approximate surface area is 132 Å². The Bertz CT molecular complexity index is 609. The van der Waals surface area contributed by atoms with Gasteiger partial charge in [-0.1, -0.05) is 0 Å². The monoisotopic (exact) mass is 322 g/mol. The fourth-order valence-corrected chi connectivity index (χ4v) is 4.25. The van der Waals surface area contributed by atoms with Gasteiger partial charge >= 0.3 is 0 Å². The lowest BCUT2D eigenvalue weighted by molar-refractivity contribution is 0.395. The Hall–Kier alpha value is -1.24. The highest BCUT2D eigenvalue weighted by molar-refractivity contribution is 7.99. The summed E-state index contributed by atoms with van der Waals surface area (Å²) in [5.74, 6) is 3.85. The number of ether oxygens (including phenoxy) is 2. The summed E-state index contributed by atoms with van der Waals surface area (Å²) in [7, 11) is 3.33.